The van der Waals surface area contributed by atoms with Crippen molar-refractivity contribution >= 4 is 40.5 Å². The summed E-state index contributed by atoms with van der Waals surface area (Å²) in [5.74, 6) is -0.809. The highest BCUT2D eigenvalue weighted by Gasteiger charge is 2.44. The zero-order valence-corrected chi connectivity index (χ0v) is 20.8. The Morgan fingerprint density at radius 3 is 2.23 bits per heavy atom. The van der Waals surface area contributed by atoms with Crippen LogP contribution in [0.5, 0.6) is 5.88 Å². The van der Waals surface area contributed by atoms with E-state index in [1.54, 1.807) is 55.5 Å². The Labute approximate surface area is 222 Å². The molecule has 1 saturated heterocycles. The van der Waals surface area contributed by atoms with E-state index in [-0.39, 0.29) is 35.3 Å². The van der Waals surface area contributed by atoms with E-state index < -0.39 is 37.2 Å². The van der Waals surface area contributed by atoms with Crippen molar-refractivity contribution in [2.45, 2.75) is 37.9 Å². The summed E-state index contributed by atoms with van der Waals surface area (Å²) < 4.78 is 12.7. The second-order valence-electron chi connectivity index (χ2n) is 8.68. The van der Waals surface area contributed by atoms with E-state index in [2.05, 4.69) is 20.3 Å². The normalized spacial score (nSPS) is 20.6. The number of rotatable bonds is 7. The van der Waals surface area contributed by atoms with Crippen molar-refractivity contribution in [3.63, 3.8) is 0 Å². The number of nitrogens with zero attached hydrogens (tertiary/aromatic N) is 5. The van der Waals surface area contributed by atoms with Crippen LogP contribution in [0.25, 0.3) is 11.2 Å². The van der Waals surface area contributed by atoms with Crippen LogP contribution in [0.1, 0.15) is 19.6 Å². The predicted octanol–water partition coefficient (Wildman–Crippen LogP) is 2.12. The number of aromatic nitrogens is 4. The summed E-state index contributed by atoms with van der Waals surface area (Å²) in [5, 5.41) is 32.8. The molecule has 0 bridgehead atoms. The summed E-state index contributed by atoms with van der Waals surface area (Å²) in [7, 11) is 0. The summed E-state index contributed by atoms with van der Waals surface area (Å²) >= 11 is 0. The number of amides is 2. The standard InChI is InChI=1S/C26H26N6O7/c1-2-18(34)28-25-29-22-19(27-14-31(22)24-21(36)20(35)17(13-33)38-24)23(30-25)39-26(37)32(15-9-5-3-6-10-15)16-11-7-4-8-12-16/h3-12,14,17,20-21,24,33,35-36H,2,13H2,1H3,(H,28,29,30,34)/t17-,20-,21-,24-/m1/s1. The summed E-state index contributed by atoms with van der Waals surface area (Å²) in [4.78, 5) is 39.9. The molecule has 4 N–H and O–H groups in total. The minimum atomic E-state index is -1.42. The average Bonchev–Trinajstić information content (AvgIpc) is 3.50. The van der Waals surface area contributed by atoms with Crippen LogP contribution in [-0.2, 0) is 9.53 Å². The number of carbonyl (C=O) groups excluding carboxylic acids is 2. The first kappa shape index (κ1) is 26.2. The first-order valence-electron chi connectivity index (χ1n) is 12.2. The van der Waals surface area contributed by atoms with Crippen molar-refractivity contribution in [3.8, 4) is 5.88 Å². The van der Waals surface area contributed by atoms with Crippen LogP contribution in [-0.4, -0.2) is 71.8 Å². The molecule has 0 radical (unpaired) electrons. The molecule has 2 aromatic heterocycles. The molecule has 0 saturated carbocycles. The molecule has 5 rings (SSSR count). The molecule has 0 unspecified atom stereocenters. The number of aliphatic hydroxyl groups is 3. The molecule has 0 spiro atoms. The third-order valence-electron chi connectivity index (χ3n) is 6.15. The molecule has 1 fully saturated rings. The Balaban J connectivity index is 1.57. The van der Waals surface area contributed by atoms with Gasteiger partial charge in [0.05, 0.1) is 24.3 Å². The molecule has 0 aliphatic carbocycles. The maximum atomic E-state index is 13.6. The molecule has 13 nitrogen and oxygen atoms in total. The van der Waals surface area contributed by atoms with Crippen LogP contribution in [0.4, 0.5) is 22.1 Å². The van der Waals surface area contributed by atoms with Crippen LogP contribution in [0.2, 0.25) is 0 Å². The van der Waals surface area contributed by atoms with E-state index in [4.69, 9.17) is 9.47 Å². The number of benzene rings is 2. The Hall–Kier alpha value is -4.43. The second-order valence-corrected chi connectivity index (χ2v) is 8.68. The van der Waals surface area contributed by atoms with Crippen LogP contribution in [0.3, 0.4) is 0 Å². The van der Waals surface area contributed by atoms with Crippen LogP contribution < -0.4 is 15.0 Å². The van der Waals surface area contributed by atoms with Crippen LogP contribution in [0, 0.1) is 0 Å². The van der Waals surface area contributed by atoms with Crippen LogP contribution in [0.15, 0.2) is 67.0 Å². The number of imidazole rings is 1. The summed E-state index contributed by atoms with van der Waals surface area (Å²) in [5.41, 5.74) is 1.17. The minimum Gasteiger partial charge on any atom is -0.394 e. The lowest BCUT2D eigenvalue weighted by molar-refractivity contribution is -0.115. The third-order valence-corrected chi connectivity index (χ3v) is 6.15. The van der Waals surface area contributed by atoms with Crippen molar-refractivity contribution < 1.29 is 34.4 Å². The van der Waals surface area contributed by atoms with Gasteiger partial charge in [-0.3, -0.25) is 14.7 Å². The molecular weight excluding hydrogens is 508 g/mol. The first-order valence-corrected chi connectivity index (χ1v) is 12.2. The van der Waals surface area contributed by atoms with Gasteiger partial charge in [-0.2, -0.15) is 9.97 Å². The number of carbonyl (C=O) groups is 2. The highest BCUT2D eigenvalue weighted by Crippen LogP contribution is 2.34. The Morgan fingerprint density at radius 1 is 1.03 bits per heavy atom. The highest BCUT2D eigenvalue weighted by molar-refractivity contribution is 5.98. The fourth-order valence-corrected chi connectivity index (χ4v) is 4.17. The number of ether oxygens (including phenoxy) is 2. The smallest absolute Gasteiger partial charge is 0.394 e. The lowest BCUT2D eigenvalue weighted by Gasteiger charge is -2.22. The Morgan fingerprint density at radius 2 is 1.67 bits per heavy atom. The van der Waals surface area contributed by atoms with Crippen molar-refractivity contribution in [1.82, 2.24) is 19.5 Å². The van der Waals surface area contributed by atoms with Gasteiger partial charge in [-0.05, 0) is 24.3 Å². The van der Waals surface area contributed by atoms with E-state index in [1.807, 2.05) is 12.1 Å². The van der Waals surface area contributed by atoms with Crippen molar-refractivity contribution in [2.24, 2.45) is 0 Å². The summed E-state index contributed by atoms with van der Waals surface area (Å²) in [6.07, 6.45) is -4.37. The van der Waals surface area contributed by atoms with E-state index in [9.17, 15) is 24.9 Å². The number of fused-ring (bicyclic) bond motifs is 1. The largest absolute Gasteiger partial charge is 0.425 e. The Bertz CT molecular complexity index is 1430. The molecular formula is C26H26N6O7. The van der Waals surface area contributed by atoms with Gasteiger partial charge in [-0.15, -0.1) is 0 Å². The third kappa shape index (κ3) is 5.15. The van der Waals surface area contributed by atoms with Gasteiger partial charge in [0.15, 0.2) is 17.4 Å². The summed E-state index contributed by atoms with van der Waals surface area (Å²) in [6, 6.07) is 17.7. The molecule has 13 heteroatoms. The monoisotopic (exact) mass is 534 g/mol. The first-order chi connectivity index (χ1) is 18.9. The predicted molar refractivity (Wildman–Crippen MR) is 138 cm³/mol. The lowest BCUT2D eigenvalue weighted by Crippen LogP contribution is -2.33. The molecule has 4 aromatic rings. The van der Waals surface area contributed by atoms with Gasteiger partial charge in [-0.1, -0.05) is 43.3 Å². The Kier molecular flexibility index (Phi) is 7.47. The maximum Gasteiger partial charge on any atom is 0.425 e. The van der Waals surface area contributed by atoms with Gasteiger partial charge in [0.1, 0.15) is 18.3 Å². The lowest BCUT2D eigenvalue weighted by atomic mass is 10.1. The minimum absolute atomic E-state index is 0.0386. The molecule has 39 heavy (non-hydrogen) atoms. The van der Waals surface area contributed by atoms with Gasteiger partial charge >= 0.3 is 6.09 Å². The number of nitrogens with one attached hydrogen (secondary N) is 1. The highest BCUT2D eigenvalue weighted by atomic mass is 16.6. The van der Waals surface area contributed by atoms with E-state index >= 15 is 0 Å². The molecule has 1 aliphatic rings. The quantitative estimate of drug-likeness (QED) is 0.275. The fraction of sp³-hybridized carbons (Fsp3) is 0.269. The van der Waals surface area contributed by atoms with Gasteiger partial charge in [0.2, 0.25) is 11.9 Å². The van der Waals surface area contributed by atoms with Crippen LogP contribution >= 0.6 is 0 Å². The van der Waals surface area contributed by atoms with Gasteiger partial charge in [0, 0.05) is 6.42 Å². The maximum absolute atomic E-state index is 13.6. The molecule has 1 aliphatic heterocycles. The van der Waals surface area contributed by atoms with Crippen molar-refractivity contribution in [3.05, 3.63) is 67.0 Å². The zero-order valence-electron chi connectivity index (χ0n) is 20.8. The number of para-hydroxylation sites is 2. The van der Waals surface area contributed by atoms with Gasteiger partial charge in [0.25, 0.3) is 5.88 Å². The second kappa shape index (κ2) is 11.1. The molecule has 2 amide bonds. The molecule has 202 valence electrons. The van der Waals surface area contributed by atoms with E-state index in [0.717, 1.165) is 0 Å². The topological polar surface area (TPSA) is 172 Å². The molecule has 2 aromatic carbocycles. The fourth-order valence-electron chi connectivity index (χ4n) is 4.17. The molecule has 4 atom stereocenters. The van der Waals surface area contributed by atoms with E-state index in [0.29, 0.717) is 11.4 Å². The SMILES string of the molecule is CCC(=O)Nc1nc(OC(=O)N(c2ccccc2)c2ccccc2)c2ncn([C@@H]3O[C@H](CO)[C@@H](O)[C@H]3O)c2n1. The van der Waals surface area contributed by atoms with Crippen molar-refractivity contribution in [1.29, 1.82) is 0 Å². The van der Waals surface area contributed by atoms with E-state index in [1.165, 1.54) is 15.8 Å². The number of anilines is 3. The number of aliphatic hydroxyl groups excluding tert-OH is 3. The summed E-state index contributed by atoms with van der Waals surface area (Å²) in [6.45, 7) is 1.13. The zero-order chi connectivity index (χ0) is 27.5. The number of hydrogen-bond acceptors (Lipinski definition) is 10. The molecule has 3 heterocycles. The van der Waals surface area contributed by atoms with Gasteiger partial charge < -0.3 is 24.8 Å². The number of hydrogen-bond donors (Lipinski definition) is 4. The van der Waals surface area contributed by atoms with Crippen molar-refractivity contribution in [2.75, 3.05) is 16.8 Å². The van der Waals surface area contributed by atoms with Gasteiger partial charge in [-0.25, -0.2) is 14.7 Å². The average molecular weight is 535 g/mol.